The van der Waals surface area contributed by atoms with E-state index in [0.717, 1.165) is 57.6 Å². The number of pyridine rings is 1. The second kappa shape index (κ2) is 16.1. The highest BCUT2D eigenvalue weighted by Crippen LogP contribution is 2.54. The van der Waals surface area contributed by atoms with Crippen molar-refractivity contribution in [1.82, 2.24) is 4.98 Å². The highest BCUT2D eigenvalue weighted by Gasteiger charge is 2.39. The van der Waals surface area contributed by atoms with E-state index in [4.69, 9.17) is 0 Å². The van der Waals surface area contributed by atoms with E-state index in [-0.39, 0.29) is 5.41 Å². The molecule has 8 aromatic carbocycles. The fourth-order valence-corrected chi connectivity index (χ4v) is 10.9. The van der Waals surface area contributed by atoms with Crippen LogP contribution in [-0.2, 0) is 5.41 Å². The van der Waals surface area contributed by atoms with Crippen molar-refractivity contribution >= 4 is 49.6 Å². The van der Waals surface area contributed by atoms with Crippen molar-refractivity contribution in [3.05, 3.63) is 264 Å². The van der Waals surface area contributed by atoms with Crippen molar-refractivity contribution in [2.75, 3.05) is 4.90 Å². The number of allylic oxidation sites excluding steroid dienone is 8. The Labute approximate surface area is 386 Å². The lowest BCUT2D eigenvalue weighted by molar-refractivity contribution is 0.602. The van der Waals surface area contributed by atoms with Gasteiger partial charge in [-0.3, -0.25) is 4.98 Å². The summed E-state index contributed by atoms with van der Waals surface area (Å²) in [5.41, 5.74) is 27.4. The molecule has 0 saturated heterocycles. The van der Waals surface area contributed by atoms with Crippen LogP contribution in [0.5, 0.6) is 0 Å². The maximum Gasteiger partial charge on any atom is 0.0543 e. The molecule has 3 aliphatic carbocycles. The Kier molecular flexibility index (Phi) is 9.58. The number of hydrogen-bond acceptors (Lipinski definition) is 2. The maximum atomic E-state index is 4.55. The summed E-state index contributed by atoms with van der Waals surface area (Å²) < 4.78 is 0. The van der Waals surface area contributed by atoms with Crippen molar-refractivity contribution in [3.63, 3.8) is 0 Å². The van der Waals surface area contributed by atoms with Crippen LogP contribution in [0.2, 0.25) is 0 Å². The van der Waals surface area contributed by atoms with E-state index in [0.29, 0.717) is 0 Å². The molecule has 66 heavy (non-hydrogen) atoms. The van der Waals surface area contributed by atoms with Crippen LogP contribution >= 0.6 is 0 Å². The highest BCUT2D eigenvalue weighted by atomic mass is 15.2. The molecule has 2 nitrogen and oxygen atoms in total. The second-order valence-corrected chi connectivity index (χ2v) is 18.0. The minimum Gasteiger partial charge on any atom is -0.313 e. The Morgan fingerprint density at radius 1 is 0.515 bits per heavy atom. The van der Waals surface area contributed by atoms with Gasteiger partial charge in [0.2, 0.25) is 0 Å². The fraction of sp³-hybridized carbons (Fsp3) is 0.0781. The Bertz CT molecular complexity index is 3610. The summed E-state index contributed by atoms with van der Waals surface area (Å²) in [6.45, 7) is 4.80. The zero-order valence-corrected chi connectivity index (χ0v) is 37.1. The van der Waals surface area contributed by atoms with Gasteiger partial charge in [0.1, 0.15) is 0 Å². The van der Waals surface area contributed by atoms with Crippen LogP contribution in [0.4, 0.5) is 11.4 Å². The van der Waals surface area contributed by atoms with Gasteiger partial charge in [-0.15, -0.1) is 0 Å². The first kappa shape index (κ1) is 39.3. The minimum absolute atomic E-state index is 0.0427. The molecule has 0 aliphatic heterocycles. The lowest BCUT2D eigenvalue weighted by Crippen LogP contribution is -2.23. The Morgan fingerprint density at radius 2 is 1.17 bits per heavy atom. The summed E-state index contributed by atoms with van der Waals surface area (Å²) in [5.74, 6) is 0. The first-order chi connectivity index (χ1) is 32.5. The third-order valence-electron chi connectivity index (χ3n) is 14.0. The molecule has 1 aromatic heterocycles. The number of aromatic nitrogens is 1. The Morgan fingerprint density at radius 3 is 2.02 bits per heavy atom. The van der Waals surface area contributed by atoms with E-state index in [9.17, 15) is 0 Å². The zero-order chi connectivity index (χ0) is 44.2. The number of anilines is 2. The van der Waals surface area contributed by atoms with Crippen molar-refractivity contribution < 1.29 is 0 Å². The molecule has 312 valence electrons. The van der Waals surface area contributed by atoms with Gasteiger partial charge in [-0.2, -0.15) is 0 Å². The quantitative estimate of drug-likeness (QED) is 0.142. The van der Waals surface area contributed by atoms with Crippen LogP contribution in [0, 0.1) is 0 Å². The average Bonchev–Trinajstić information content (AvgIpc) is 3.61. The number of rotatable bonds is 8. The van der Waals surface area contributed by atoms with Gasteiger partial charge in [0.25, 0.3) is 0 Å². The standard InChI is InChI=1S/C64H46N2/c1-64(2)58-34-10-8-29-54(58)57-41-49(37-38-59(57)64)66(60-35-11-9-28-52(60)47-25-12-24-46(40-47)51-30-13-21-43-18-6-7-27-50(43)51)61-36-16-33-56(63(61)45-19-4-3-5-20-45)55-32-15-23-44-22-14-31-53(62(44)55)48-26-17-39-65-42-48/h3-11,13-24,26-36,39-42H,37-38H2,1-2H3. The maximum absolute atomic E-state index is 4.55. The molecule has 9 aromatic rings. The van der Waals surface area contributed by atoms with E-state index < -0.39 is 0 Å². The molecule has 0 spiro atoms. The van der Waals surface area contributed by atoms with Crippen LogP contribution in [0.3, 0.4) is 0 Å². The predicted octanol–water partition coefficient (Wildman–Crippen LogP) is 16.7. The van der Waals surface area contributed by atoms with Crippen molar-refractivity contribution in [1.29, 1.82) is 0 Å². The molecular weight excluding hydrogens is 797 g/mol. The number of benzene rings is 8. The fourth-order valence-electron chi connectivity index (χ4n) is 10.9. The van der Waals surface area contributed by atoms with E-state index in [1.807, 2.05) is 18.5 Å². The van der Waals surface area contributed by atoms with Crippen LogP contribution in [0.25, 0.3) is 71.6 Å². The summed E-state index contributed by atoms with van der Waals surface area (Å²) in [4.78, 5) is 7.13. The molecule has 3 aliphatic rings. The summed E-state index contributed by atoms with van der Waals surface area (Å²) >= 11 is 0. The Balaban J connectivity index is 1.13. The first-order valence-corrected chi connectivity index (χ1v) is 23.0. The number of hydrogen-bond donors (Lipinski definition) is 0. The normalized spacial score (nSPS) is 14.7. The molecule has 0 unspecified atom stereocenters. The third kappa shape index (κ3) is 6.55. The average molecular weight is 843 g/mol. The van der Waals surface area contributed by atoms with Gasteiger partial charge in [0.15, 0.2) is 0 Å². The predicted molar refractivity (Wildman–Crippen MR) is 277 cm³/mol. The molecule has 0 amide bonds. The molecule has 1 heterocycles. The Hall–Kier alpha value is -8.25. The second-order valence-electron chi connectivity index (χ2n) is 18.0. The summed E-state index contributed by atoms with van der Waals surface area (Å²) in [6.07, 6.45) is 12.5. The smallest absolute Gasteiger partial charge is 0.0543 e. The van der Waals surface area contributed by atoms with Crippen molar-refractivity contribution in [3.8, 4) is 33.4 Å². The van der Waals surface area contributed by atoms with Crippen molar-refractivity contribution in [2.45, 2.75) is 32.1 Å². The summed E-state index contributed by atoms with van der Waals surface area (Å²) in [6, 6.07) is 68.5. The molecule has 0 radical (unpaired) electrons. The lowest BCUT2D eigenvalue weighted by Gasteiger charge is -2.35. The SMILES string of the molecule is CC1(C)C2=C(C=C(N(c3ccccc3C3=C=C=CC(c4cccc5ccccc45)=C3)c3cccc(-c4cccc5cccc(-c6cccnc6)c45)c3-c3ccccc3)CC2)c2ccccc21. The zero-order valence-electron chi connectivity index (χ0n) is 37.1. The van der Waals surface area contributed by atoms with Crippen LogP contribution < -0.4 is 4.90 Å². The molecule has 0 saturated carbocycles. The summed E-state index contributed by atoms with van der Waals surface area (Å²) in [7, 11) is 0. The monoisotopic (exact) mass is 842 g/mol. The molecule has 0 bridgehead atoms. The van der Waals surface area contributed by atoms with Gasteiger partial charge < -0.3 is 4.90 Å². The largest absolute Gasteiger partial charge is 0.313 e. The molecule has 12 rings (SSSR count). The molecule has 0 atom stereocenters. The van der Waals surface area contributed by atoms with Crippen molar-refractivity contribution in [2.24, 2.45) is 0 Å². The van der Waals surface area contributed by atoms with E-state index in [1.165, 1.54) is 71.8 Å². The van der Waals surface area contributed by atoms with Gasteiger partial charge in [0, 0.05) is 45.8 Å². The first-order valence-electron chi connectivity index (χ1n) is 23.0. The van der Waals surface area contributed by atoms with Gasteiger partial charge in [0.05, 0.1) is 11.4 Å². The third-order valence-corrected chi connectivity index (χ3v) is 14.0. The van der Waals surface area contributed by atoms with Crippen LogP contribution in [0.15, 0.2) is 241 Å². The molecule has 2 heteroatoms. The van der Waals surface area contributed by atoms with E-state index in [1.54, 1.807) is 0 Å². The number of para-hydroxylation sites is 1. The minimum atomic E-state index is -0.0427. The van der Waals surface area contributed by atoms with E-state index >= 15 is 0 Å². The lowest BCUT2D eigenvalue weighted by atomic mass is 9.78. The van der Waals surface area contributed by atoms with Gasteiger partial charge >= 0.3 is 0 Å². The molecular formula is C64H46N2. The van der Waals surface area contributed by atoms with Crippen LogP contribution in [-0.4, -0.2) is 4.98 Å². The van der Waals surface area contributed by atoms with E-state index in [2.05, 4.69) is 235 Å². The van der Waals surface area contributed by atoms with Crippen LogP contribution in [0.1, 0.15) is 48.9 Å². The number of nitrogens with zero attached hydrogens (tertiary/aromatic N) is 2. The van der Waals surface area contributed by atoms with Gasteiger partial charge in [-0.05, 0) is 121 Å². The van der Waals surface area contributed by atoms with Gasteiger partial charge in [-0.1, -0.05) is 201 Å². The number of fused-ring (bicyclic) bond motifs is 4. The molecule has 0 fully saturated rings. The summed E-state index contributed by atoms with van der Waals surface area (Å²) in [5, 5.41) is 4.84. The molecule has 0 N–H and O–H groups in total. The topological polar surface area (TPSA) is 16.1 Å². The van der Waals surface area contributed by atoms with Gasteiger partial charge in [-0.25, -0.2) is 0 Å². The highest BCUT2D eigenvalue weighted by molar-refractivity contribution is 6.10.